The van der Waals surface area contributed by atoms with Gasteiger partial charge >= 0.3 is 0 Å². The average Bonchev–Trinajstić information content (AvgIpc) is 2.55. The Kier molecular flexibility index (Phi) is 5.92. The second-order valence-electron chi connectivity index (χ2n) is 5.58. The van der Waals surface area contributed by atoms with E-state index in [9.17, 15) is 9.59 Å². The first kappa shape index (κ1) is 16.7. The van der Waals surface area contributed by atoms with Crippen LogP contribution in [0.5, 0.6) is 0 Å². The first-order valence-electron chi connectivity index (χ1n) is 7.72. The van der Waals surface area contributed by atoms with Gasteiger partial charge < -0.3 is 10.6 Å². The molecule has 4 heteroatoms. The van der Waals surface area contributed by atoms with Crippen molar-refractivity contribution in [3.8, 4) is 0 Å². The van der Waals surface area contributed by atoms with Gasteiger partial charge in [-0.25, -0.2) is 0 Å². The lowest BCUT2D eigenvalue weighted by Crippen LogP contribution is -2.47. The molecule has 23 heavy (non-hydrogen) atoms. The minimum atomic E-state index is -0.582. The molecule has 0 aliphatic rings. The third-order valence-corrected chi connectivity index (χ3v) is 3.63. The Morgan fingerprint density at radius 2 is 1.48 bits per heavy atom. The second-order valence-corrected chi connectivity index (χ2v) is 5.58. The first-order valence-corrected chi connectivity index (χ1v) is 7.72. The highest BCUT2D eigenvalue weighted by Crippen LogP contribution is 2.12. The normalized spacial score (nSPS) is 13.0. The van der Waals surface area contributed by atoms with Crippen LogP contribution in [0.1, 0.15) is 31.0 Å². The molecule has 0 aromatic heterocycles. The molecule has 2 N–H and O–H groups in total. The summed E-state index contributed by atoms with van der Waals surface area (Å²) in [5.41, 5.74) is 2.04. The Labute approximate surface area is 136 Å². The van der Waals surface area contributed by atoms with Crippen LogP contribution in [-0.4, -0.2) is 17.9 Å². The van der Waals surface area contributed by atoms with Crippen molar-refractivity contribution in [1.82, 2.24) is 10.6 Å². The predicted octanol–water partition coefficient (Wildman–Crippen LogP) is 2.61. The standard InChI is InChI=1S/C19H22N2O2/c1-14(17-11-7-4-8-12-17)20-19(23)18(21-15(2)22)13-16-9-5-3-6-10-16/h3-12,14,18H,13H2,1-2H3,(H,20,23)(H,21,22). The number of carbonyl (C=O) groups excluding carboxylic acids is 2. The Bertz CT molecular complexity index is 641. The summed E-state index contributed by atoms with van der Waals surface area (Å²) in [6, 6.07) is 18.7. The van der Waals surface area contributed by atoms with Gasteiger partial charge in [0, 0.05) is 13.3 Å². The van der Waals surface area contributed by atoms with Crippen LogP contribution < -0.4 is 10.6 Å². The molecule has 0 fully saturated rings. The van der Waals surface area contributed by atoms with Crippen molar-refractivity contribution in [3.63, 3.8) is 0 Å². The minimum absolute atomic E-state index is 0.115. The summed E-state index contributed by atoms with van der Waals surface area (Å²) in [5, 5.41) is 5.70. The Morgan fingerprint density at radius 1 is 0.913 bits per heavy atom. The zero-order chi connectivity index (χ0) is 16.7. The van der Waals surface area contributed by atoms with Crippen LogP contribution in [0.25, 0.3) is 0 Å². The van der Waals surface area contributed by atoms with Gasteiger partial charge in [0.15, 0.2) is 0 Å². The summed E-state index contributed by atoms with van der Waals surface area (Å²) in [6.45, 7) is 3.35. The SMILES string of the molecule is CC(=O)NC(Cc1ccccc1)C(=O)NC(C)c1ccccc1. The van der Waals surface area contributed by atoms with Crippen molar-refractivity contribution in [2.75, 3.05) is 0 Å². The highest BCUT2D eigenvalue weighted by Gasteiger charge is 2.21. The van der Waals surface area contributed by atoms with Crippen molar-refractivity contribution in [1.29, 1.82) is 0 Å². The van der Waals surface area contributed by atoms with Crippen LogP contribution in [0.3, 0.4) is 0 Å². The molecule has 0 aliphatic carbocycles. The molecule has 2 aromatic rings. The summed E-state index contributed by atoms with van der Waals surface area (Å²) in [7, 11) is 0. The maximum absolute atomic E-state index is 12.5. The molecule has 0 aliphatic heterocycles. The van der Waals surface area contributed by atoms with Gasteiger partial charge in [0.1, 0.15) is 6.04 Å². The Hall–Kier alpha value is -2.62. The lowest BCUT2D eigenvalue weighted by molar-refractivity contribution is -0.128. The molecular weight excluding hydrogens is 288 g/mol. The van der Waals surface area contributed by atoms with Crippen molar-refractivity contribution < 1.29 is 9.59 Å². The van der Waals surface area contributed by atoms with E-state index < -0.39 is 6.04 Å². The first-order chi connectivity index (χ1) is 11.1. The molecule has 0 saturated heterocycles. The van der Waals surface area contributed by atoms with Crippen molar-refractivity contribution in [2.45, 2.75) is 32.4 Å². The summed E-state index contributed by atoms with van der Waals surface area (Å²) in [6.07, 6.45) is 0.466. The summed E-state index contributed by atoms with van der Waals surface area (Å²) in [5.74, 6) is -0.395. The maximum atomic E-state index is 12.5. The van der Waals surface area contributed by atoms with E-state index in [4.69, 9.17) is 0 Å². The highest BCUT2D eigenvalue weighted by molar-refractivity contribution is 5.87. The number of rotatable bonds is 6. The number of hydrogen-bond acceptors (Lipinski definition) is 2. The number of benzene rings is 2. The topological polar surface area (TPSA) is 58.2 Å². The third-order valence-electron chi connectivity index (χ3n) is 3.63. The van der Waals surface area contributed by atoms with Crippen molar-refractivity contribution in [3.05, 3.63) is 71.8 Å². The van der Waals surface area contributed by atoms with E-state index in [1.165, 1.54) is 6.92 Å². The van der Waals surface area contributed by atoms with E-state index >= 15 is 0 Å². The molecule has 2 unspecified atom stereocenters. The molecule has 2 aromatic carbocycles. The van der Waals surface area contributed by atoms with E-state index in [-0.39, 0.29) is 17.9 Å². The van der Waals surface area contributed by atoms with Gasteiger partial charge in [-0.2, -0.15) is 0 Å². The van der Waals surface area contributed by atoms with E-state index in [2.05, 4.69) is 10.6 Å². The van der Waals surface area contributed by atoms with Crippen molar-refractivity contribution >= 4 is 11.8 Å². The van der Waals surface area contributed by atoms with Gasteiger partial charge in [0.2, 0.25) is 11.8 Å². The van der Waals surface area contributed by atoms with Crippen LogP contribution in [0, 0.1) is 0 Å². The molecular formula is C19H22N2O2. The monoisotopic (exact) mass is 310 g/mol. The largest absolute Gasteiger partial charge is 0.348 e. The van der Waals surface area contributed by atoms with E-state index in [0.29, 0.717) is 6.42 Å². The quantitative estimate of drug-likeness (QED) is 0.861. The molecule has 0 saturated carbocycles. The van der Waals surface area contributed by atoms with Gasteiger partial charge in [-0.05, 0) is 18.1 Å². The molecule has 0 radical (unpaired) electrons. The number of hydrogen-bond donors (Lipinski definition) is 2. The van der Waals surface area contributed by atoms with Gasteiger partial charge in [-0.1, -0.05) is 60.7 Å². The molecule has 2 atom stereocenters. The molecule has 0 bridgehead atoms. The van der Waals surface area contributed by atoms with E-state index in [1.807, 2.05) is 67.6 Å². The summed E-state index contributed by atoms with van der Waals surface area (Å²) >= 11 is 0. The minimum Gasteiger partial charge on any atom is -0.348 e. The molecule has 4 nitrogen and oxygen atoms in total. The van der Waals surface area contributed by atoms with Crippen molar-refractivity contribution in [2.24, 2.45) is 0 Å². The zero-order valence-electron chi connectivity index (χ0n) is 13.5. The fourth-order valence-electron chi connectivity index (χ4n) is 2.44. The van der Waals surface area contributed by atoms with Crippen LogP contribution in [0.4, 0.5) is 0 Å². The van der Waals surface area contributed by atoms with Gasteiger partial charge in [0.25, 0.3) is 0 Å². The van der Waals surface area contributed by atoms with Gasteiger partial charge in [0.05, 0.1) is 6.04 Å². The molecule has 0 heterocycles. The molecule has 0 spiro atoms. The fraction of sp³-hybridized carbons (Fsp3) is 0.263. The Morgan fingerprint density at radius 3 is 2.04 bits per heavy atom. The van der Waals surface area contributed by atoms with Crippen LogP contribution in [0.15, 0.2) is 60.7 Å². The van der Waals surface area contributed by atoms with Crippen LogP contribution in [-0.2, 0) is 16.0 Å². The zero-order valence-corrected chi connectivity index (χ0v) is 13.5. The number of amides is 2. The summed E-state index contributed by atoms with van der Waals surface area (Å²) < 4.78 is 0. The van der Waals surface area contributed by atoms with Crippen LogP contribution in [0.2, 0.25) is 0 Å². The second kappa shape index (κ2) is 8.13. The van der Waals surface area contributed by atoms with Gasteiger partial charge in [-0.3, -0.25) is 9.59 Å². The lowest BCUT2D eigenvalue weighted by atomic mass is 10.0. The summed E-state index contributed by atoms with van der Waals surface area (Å²) in [4.78, 5) is 24.0. The van der Waals surface area contributed by atoms with Gasteiger partial charge in [-0.15, -0.1) is 0 Å². The maximum Gasteiger partial charge on any atom is 0.243 e. The smallest absolute Gasteiger partial charge is 0.243 e. The van der Waals surface area contributed by atoms with E-state index in [0.717, 1.165) is 11.1 Å². The molecule has 120 valence electrons. The predicted molar refractivity (Wildman–Crippen MR) is 90.8 cm³/mol. The number of nitrogens with one attached hydrogen (secondary N) is 2. The van der Waals surface area contributed by atoms with Crippen LogP contribution >= 0.6 is 0 Å². The number of carbonyl (C=O) groups is 2. The third kappa shape index (κ3) is 5.25. The van der Waals surface area contributed by atoms with E-state index in [1.54, 1.807) is 0 Å². The lowest BCUT2D eigenvalue weighted by Gasteiger charge is -2.21. The fourth-order valence-corrected chi connectivity index (χ4v) is 2.44. The highest BCUT2D eigenvalue weighted by atomic mass is 16.2. The molecule has 2 rings (SSSR count). The Balaban J connectivity index is 2.05. The molecule has 2 amide bonds. The average molecular weight is 310 g/mol.